The zero-order valence-electron chi connectivity index (χ0n) is 17.5. The van der Waals surface area contributed by atoms with Crippen molar-refractivity contribution >= 4 is 17.7 Å². The fraction of sp³-hybridized carbons (Fsp3) is 0.375. The fourth-order valence-electron chi connectivity index (χ4n) is 3.73. The topological polar surface area (TPSA) is 75.7 Å². The Morgan fingerprint density at radius 1 is 0.867 bits per heavy atom. The zero-order valence-corrected chi connectivity index (χ0v) is 17.5. The number of benzene rings is 2. The standard InChI is InChI=1S/C24H28N2O4/c1-17(27)11-13-26(14-12-18(2)28)16-25-24(29)30-15-23-21-9-5-3-7-19(21)20-8-4-6-10-22(20)23/h3-10,23H,11-16H2,1-2H3,(H,25,29). The zero-order chi connectivity index (χ0) is 21.5. The number of Topliss-reactive ketones (excluding diaryl/α,β-unsaturated/α-hetero) is 2. The van der Waals surface area contributed by atoms with Gasteiger partial charge in [-0.1, -0.05) is 48.5 Å². The molecule has 0 bridgehead atoms. The van der Waals surface area contributed by atoms with Gasteiger partial charge in [-0.3, -0.25) is 14.5 Å². The van der Waals surface area contributed by atoms with E-state index in [0.29, 0.717) is 25.9 Å². The molecule has 0 aliphatic heterocycles. The number of amides is 1. The molecule has 1 aliphatic carbocycles. The van der Waals surface area contributed by atoms with Gasteiger partial charge < -0.3 is 10.1 Å². The molecule has 30 heavy (non-hydrogen) atoms. The lowest BCUT2D eigenvalue weighted by atomic mass is 9.98. The molecule has 0 fully saturated rings. The Bertz CT molecular complexity index is 861. The van der Waals surface area contributed by atoms with Crippen LogP contribution in [0.2, 0.25) is 0 Å². The Kier molecular flexibility index (Phi) is 7.36. The van der Waals surface area contributed by atoms with E-state index in [9.17, 15) is 14.4 Å². The van der Waals surface area contributed by atoms with Gasteiger partial charge in [-0.15, -0.1) is 0 Å². The molecule has 1 N–H and O–H groups in total. The third-order valence-electron chi connectivity index (χ3n) is 5.35. The molecule has 0 atom stereocenters. The number of nitrogens with one attached hydrogen (secondary N) is 1. The fourth-order valence-corrected chi connectivity index (χ4v) is 3.73. The van der Waals surface area contributed by atoms with E-state index in [1.54, 1.807) is 0 Å². The van der Waals surface area contributed by atoms with Crippen molar-refractivity contribution in [2.45, 2.75) is 32.6 Å². The second kappa shape index (κ2) is 10.2. The highest BCUT2D eigenvalue weighted by Gasteiger charge is 2.29. The van der Waals surface area contributed by atoms with Crippen LogP contribution >= 0.6 is 0 Å². The molecule has 0 saturated carbocycles. The lowest BCUT2D eigenvalue weighted by molar-refractivity contribution is -0.117. The molecular formula is C24H28N2O4. The maximum atomic E-state index is 12.3. The monoisotopic (exact) mass is 408 g/mol. The number of rotatable bonds is 10. The molecule has 0 unspecified atom stereocenters. The van der Waals surface area contributed by atoms with Crippen LogP contribution < -0.4 is 5.32 Å². The van der Waals surface area contributed by atoms with Gasteiger partial charge in [0.2, 0.25) is 0 Å². The summed E-state index contributed by atoms with van der Waals surface area (Å²) >= 11 is 0. The molecule has 0 spiro atoms. The van der Waals surface area contributed by atoms with Crippen molar-refractivity contribution < 1.29 is 19.1 Å². The molecule has 3 rings (SSSR count). The largest absolute Gasteiger partial charge is 0.449 e. The Labute approximate surface area is 177 Å². The van der Waals surface area contributed by atoms with Crippen LogP contribution in [0.1, 0.15) is 43.7 Å². The van der Waals surface area contributed by atoms with E-state index in [-0.39, 0.29) is 30.8 Å². The molecule has 6 heteroatoms. The van der Waals surface area contributed by atoms with Crippen molar-refractivity contribution in [1.82, 2.24) is 10.2 Å². The van der Waals surface area contributed by atoms with E-state index < -0.39 is 6.09 Å². The molecule has 2 aromatic carbocycles. The van der Waals surface area contributed by atoms with E-state index in [1.165, 1.54) is 25.0 Å². The highest BCUT2D eigenvalue weighted by molar-refractivity contribution is 5.79. The average Bonchev–Trinajstić information content (AvgIpc) is 3.05. The Morgan fingerprint density at radius 3 is 1.87 bits per heavy atom. The minimum atomic E-state index is -0.507. The summed E-state index contributed by atoms with van der Waals surface area (Å²) in [5.74, 6) is 0.155. The van der Waals surface area contributed by atoms with Crippen molar-refractivity contribution in [2.24, 2.45) is 0 Å². The molecule has 0 aromatic heterocycles. The van der Waals surface area contributed by atoms with E-state index in [0.717, 1.165) is 11.1 Å². The predicted octanol–water partition coefficient (Wildman–Crippen LogP) is 3.74. The van der Waals surface area contributed by atoms with Gasteiger partial charge in [0.15, 0.2) is 0 Å². The van der Waals surface area contributed by atoms with Crippen LogP contribution in [-0.4, -0.2) is 48.9 Å². The van der Waals surface area contributed by atoms with Crippen molar-refractivity contribution in [3.63, 3.8) is 0 Å². The highest BCUT2D eigenvalue weighted by atomic mass is 16.5. The molecule has 1 amide bonds. The first-order chi connectivity index (χ1) is 14.5. The number of ketones is 2. The predicted molar refractivity (Wildman–Crippen MR) is 115 cm³/mol. The van der Waals surface area contributed by atoms with Gasteiger partial charge in [-0.05, 0) is 36.1 Å². The summed E-state index contributed by atoms with van der Waals surface area (Å²) in [4.78, 5) is 36.7. The first kappa shape index (κ1) is 21.7. The molecule has 2 aromatic rings. The number of nitrogens with zero attached hydrogens (tertiary/aromatic N) is 1. The number of carbonyl (C=O) groups excluding carboxylic acids is 3. The van der Waals surface area contributed by atoms with Crippen LogP contribution in [0.25, 0.3) is 11.1 Å². The van der Waals surface area contributed by atoms with Crippen LogP contribution in [0.3, 0.4) is 0 Å². The van der Waals surface area contributed by atoms with Crippen LogP contribution in [-0.2, 0) is 14.3 Å². The van der Waals surface area contributed by atoms with Gasteiger partial charge in [0.05, 0.1) is 6.67 Å². The van der Waals surface area contributed by atoms with E-state index >= 15 is 0 Å². The molecule has 1 aliphatic rings. The molecule has 0 saturated heterocycles. The first-order valence-electron chi connectivity index (χ1n) is 10.3. The number of hydrogen-bond donors (Lipinski definition) is 1. The maximum absolute atomic E-state index is 12.3. The smallest absolute Gasteiger partial charge is 0.408 e. The molecular weight excluding hydrogens is 380 g/mol. The van der Waals surface area contributed by atoms with Gasteiger partial charge in [0, 0.05) is 31.8 Å². The van der Waals surface area contributed by atoms with Gasteiger partial charge >= 0.3 is 6.09 Å². The summed E-state index contributed by atoms with van der Waals surface area (Å²) in [7, 11) is 0. The van der Waals surface area contributed by atoms with Gasteiger partial charge in [-0.2, -0.15) is 0 Å². The van der Waals surface area contributed by atoms with Gasteiger partial charge in [-0.25, -0.2) is 4.79 Å². The number of ether oxygens (including phenoxy) is 1. The SMILES string of the molecule is CC(=O)CCN(CCC(C)=O)CNC(=O)OCC1c2ccccc2-c2ccccc21. The lowest BCUT2D eigenvalue weighted by Gasteiger charge is -2.22. The Morgan fingerprint density at radius 2 is 1.37 bits per heavy atom. The Balaban J connectivity index is 1.56. The summed E-state index contributed by atoms with van der Waals surface area (Å²) in [5, 5.41) is 2.74. The maximum Gasteiger partial charge on any atom is 0.408 e. The second-order valence-electron chi connectivity index (χ2n) is 7.68. The highest BCUT2D eigenvalue weighted by Crippen LogP contribution is 2.44. The molecule has 0 radical (unpaired) electrons. The van der Waals surface area contributed by atoms with Crippen LogP contribution in [0.4, 0.5) is 4.79 Å². The third-order valence-corrected chi connectivity index (χ3v) is 5.35. The van der Waals surface area contributed by atoms with Crippen molar-refractivity contribution in [3.8, 4) is 11.1 Å². The third kappa shape index (κ3) is 5.54. The Hall–Kier alpha value is -2.99. The number of fused-ring (bicyclic) bond motifs is 3. The number of hydrogen-bond acceptors (Lipinski definition) is 5. The minimum absolute atomic E-state index is 0.00896. The molecule has 158 valence electrons. The number of alkyl carbamates (subject to hydrolysis) is 1. The summed E-state index contributed by atoms with van der Waals surface area (Å²) < 4.78 is 5.53. The summed E-state index contributed by atoms with van der Waals surface area (Å²) in [5.41, 5.74) is 4.69. The minimum Gasteiger partial charge on any atom is -0.449 e. The molecule has 6 nitrogen and oxygen atoms in total. The van der Waals surface area contributed by atoms with E-state index in [1.807, 2.05) is 29.2 Å². The second-order valence-corrected chi connectivity index (χ2v) is 7.68. The molecule has 0 heterocycles. The summed E-state index contributed by atoms with van der Waals surface area (Å²) in [6.07, 6.45) is 0.252. The van der Waals surface area contributed by atoms with Crippen molar-refractivity contribution in [2.75, 3.05) is 26.4 Å². The summed E-state index contributed by atoms with van der Waals surface area (Å²) in [6, 6.07) is 16.4. The van der Waals surface area contributed by atoms with Gasteiger partial charge in [0.1, 0.15) is 18.2 Å². The number of carbonyl (C=O) groups is 3. The van der Waals surface area contributed by atoms with E-state index in [2.05, 4.69) is 29.6 Å². The quantitative estimate of drug-likeness (QED) is 0.606. The normalized spacial score (nSPS) is 12.4. The van der Waals surface area contributed by atoms with E-state index in [4.69, 9.17) is 4.74 Å². The first-order valence-corrected chi connectivity index (χ1v) is 10.3. The van der Waals surface area contributed by atoms with Crippen molar-refractivity contribution in [3.05, 3.63) is 59.7 Å². The van der Waals surface area contributed by atoms with Crippen LogP contribution in [0, 0.1) is 0 Å². The average molecular weight is 408 g/mol. The van der Waals surface area contributed by atoms with Gasteiger partial charge in [0.25, 0.3) is 0 Å². The lowest BCUT2D eigenvalue weighted by Crippen LogP contribution is -2.40. The summed E-state index contributed by atoms with van der Waals surface area (Å²) in [6.45, 7) is 4.53. The van der Waals surface area contributed by atoms with Crippen molar-refractivity contribution in [1.29, 1.82) is 0 Å². The van der Waals surface area contributed by atoms with Crippen LogP contribution in [0.15, 0.2) is 48.5 Å². The van der Waals surface area contributed by atoms with Crippen LogP contribution in [0.5, 0.6) is 0 Å².